The Morgan fingerprint density at radius 3 is 2.43 bits per heavy atom. The molecule has 3 saturated heterocycles. The lowest BCUT2D eigenvalue weighted by molar-refractivity contribution is -0.0328. The van der Waals surface area contributed by atoms with E-state index >= 15 is 8.78 Å². The summed E-state index contributed by atoms with van der Waals surface area (Å²) in [6.45, 7) is 15.1. The minimum atomic E-state index is -4.86. The van der Waals surface area contributed by atoms with Gasteiger partial charge in [-0.2, -0.15) is 23.1 Å². The number of nitrogens with zero attached hydrogens (tertiary/aromatic N) is 4. The van der Waals surface area contributed by atoms with Crippen LogP contribution in [0.4, 0.5) is 32.2 Å². The van der Waals surface area contributed by atoms with Gasteiger partial charge in [0.15, 0.2) is 12.6 Å². The Morgan fingerprint density at radius 2 is 1.72 bits per heavy atom. The molecular formula is C45H54F6N4O4SSi. The number of halogens is 6. The summed E-state index contributed by atoms with van der Waals surface area (Å²) in [6, 6.07) is 6.83. The van der Waals surface area contributed by atoms with E-state index in [-0.39, 0.29) is 81.4 Å². The summed E-state index contributed by atoms with van der Waals surface area (Å²) in [6.07, 6.45) is 1.43. The number of rotatable bonds is 12. The number of fused-ring (bicyclic) bond motifs is 3. The summed E-state index contributed by atoms with van der Waals surface area (Å²) in [7, 11) is -1.05. The van der Waals surface area contributed by atoms with Crippen LogP contribution in [0, 0.1) is 23.1 Å². The quantitative estimate of drug-likeness (QED) is 0.0455. The Kier molecular flexibility index (Phi) is 13.5. The summed E-state index contributed by atoms with van der Waals surface area (Å²) >= 11 is -0.476. The molecule has 16 heteroatoms. The molecule has 0 bridgehead atoms. The van der Waals surface area contributed by atoms with Crippen LogP contribution in [0.25, 0.3) is 32.8 Å². The standard InChI is InChI=1S/C45H54F6N4O4SSi/c1-27(2)61(28(3)4,29(5)6)19-12-33-36(47)11-10-30-20-32(59-26-56-7)21-34(38(30)33)39-37(60-45(49,50)51)22-35-41(40(39)48)52-43(53-42(35)54-14-9-17-57-18-16-54)58-25-44-13-8-15-55(44)24-31(46)23-44/h10-11,20-22,27-29,31H,8-9,13-18,23-26H2,1-7H3/t31-,44+/m1/s1. The molecule has 4 aromatic rings. The van der Waals surface area contributed by atoms with E-state index in [1.54, 1.807) is 6.07 Å². The third-order valence-electron chi connectivity index (χ3n) is 12.8. The van der Waals surface area contributed by atoms with E-state index in [1.165, 1.54) is 31.4 Å². The van der Waals surface area contributed by atoms with Crippen molar-refractivity contribution in [1.29, 1.82) is 0 Å². The molecule has 8 nitrogen and oxygen atoms in total. The van der Waals surface area contributed by atoms with E-state index in [0.717, 1.165) is 13.0 Å². The zero-order valence-electron chi connectivity index (χ0n) is 35.8. The van der Waals surface area contributed by atoms with Gasteiger partial charge in [0, 0.05) is 61.0 Å². The number of alkyl halides is 4. The summed E-state index contributed by atoms with van der Waals surface area (Å²) in [5, 5.41) is 0.552. The Labute approximate surface area is 359 Å². The molecule has 61 heavy (non-hydrogen) atoms. The van der Waals surface area contributed by atoms with Crippen molar-refractivity contribution >= 4 is 47.3 Å². The zero-order valence-corrected chi connectivity index (χ0v) is 37.6. The normalized spacial score (nSPS) is 20.2. The highest BCUT2D eigenvalue weighted by Crippen LogP contribution is 2.50. The summed E-state index contributed by atoms with van der Waals surface area (Å²) in [5.74, 6) is 1.77. The van der Waals surface area contributed by atoms with Crippen LogP contribution in [0.5, 0.6) is 11.8 Å². The highest BCUT2D eigenvalue weighted by molar-refractivity contribution is 8.00. The van der Waals surface area contributed by atoms with Crippen LogP contribution >= 0.6 is 11.8 Å². The molecule has 0 N–H and O–H groups in total. The number of ether oxygens (including phenoxy) is 4. The Hall–Kier alpha value is -3.75. The average Bonchev–Trinajstić information content (AvgIpc) is 3.57. The second kappa shape index (κ2) is 18.2. The maximum atomic E-state index is 18.0. The van der Waals surface area contributed by atoms with Crippen LogP contribution in [0.2, 0.25) is 16.6 Å². The van der Waals surface area contributed by atoms with Gasteiger partial charge in [0.1, 0.15) is 43.8 Å². The van der Waals surface area contributed by atoms with Gasteiger partial charge in [-0.3, -0.25) is 4.90 Å². The monoisotopic (exact) mass is 888 g/mol. The van der Waals surface area contributed by atoms with Gasteiger partial charge in [0.05, 0.1) is 17.7 Å². The fraction of sp³-hybridized carbons (Fsp3) is 0.556. The second-order valence-electron chi connectivity index (χ2n) is 17.3. The molecule has 0 spiro atoms. The largest absolute Gasteiger partial charge is 0.468 e. The molecule has 0 radical (unpaired) electrons. The lowest BCUT2D eigenvalue weighted by Gasteiger charge is -2.38. The van der Waals surface area contributed by atoms with E-state index in [4.69, 9.17) is 23.9 Å². The van der Waals surface area contributed by atoms with E-state index in [9.17, 15) is 17.6 Å². The van der Waals surface area contributed by atoms with Crippen molar-refractivity contribution in [3.63, 3.8) is 0 Å². The molecule has 0 aliphatic carbocycles. The Balaban J connectivity index is 1.52. The maximum absolute atomic E-state index is 18.0. The number of hydrogen-bond donors (Lipinski definition) is 0. The van der Waals surface area contributed by atoms with Gasteiger partial charge in [-0.1, -0.05) is 53.5 Å². The average molecular weight is 889 g/mol. The summed E-state index contributed by atoms with van der Waals surface area (Å²) < 4.78 is 116. The van der Waals surface area contributed by atoms with Crippen molar-refractivity contribution in [2.75, 3.05) is 64.8 Å². The van der Waals surface area contributed by atoms with E-state index < -0.39 is 59.1 Å². The third kappa shape index (κ3) is 9.05. The van der Waals surface area contributed by atoms with Crippen LogP contribution in [0.3, 0.4) is 0 Å². The molecule has 2 atom stereocenters. The molecule has 0 saturated carbocycles. The predicted octanol–water partition coefficient (Wildman–Crippen LogP) is 11.1. The fourth-order valence-corrected chi connectivity index (χ4v) is 16.0. The number of thioether (sulfide) groups is 1. The molecule has 3 aliphatic heterocycles. The van der Waals surface area contributed by atoms with Crippen molar-refractivity contribution in [1.82, 2.24) is 14.9 Å². The van der Waals surface area contributed by atoms with Crippen LogP contribution in [0.1, 0.15) is 72.8 Å². The zero-order chi connectivity index (χ0) is 43.9. The van der Waals surface area contributed by atoms with Crippen molar-refractivity contribution < 1.29 is 45.3 Å². The molecule has 4 heterocycles. The topological polar surface area (TPSA) is 69.2 Å². The molecule has 0 unspecified atom stereocenters. The highest BCUT2D eigenvalue weighted by Gasteiger charge is 2.49. The van der Waals surface area contributed by atoms with Crippen molar-refractivity contribution in [2.45, 2.75) is 106 Å². The molecule has 3 fully saturated rings. The minimum absolute atomic E-state index is 0.0384. The Morgan fingerprint density at radius 1 is 0.967 bits per heavy atom. The van der Waals surface area contributed by atoms with Gasteiger partial charge in [-0.25, -0.2) is 13.2 Å². The van der Waals surface area contributed by atoms with Crippen molar-refractivity contribution in [3.8, 4) is 34.4 Å². The van der Waals surface area contributed by atoms with Crippen molar-refractivity contribution in [3.05, 3.63) is 47.5 Å². The van der Waals surface area contributed by atoms with E-state index in [2.05, 4.69) is 62.9 Å². The summed E-state index contributed by atoms with van der Waals surface area (Å²) in [5.41, 5.74) is -2.13. The first kappa shape index (κ1) is 45.3. The molecular weight excluding hydrogens is 835 g/mol. The van der Waals surface area contributed by atoms with Gasteiger partial charge >= 0.3 is 11.5 Å². The lowest BCUT2D eigenvalue weighted by Crippen LogP contribution is -2.43. The predicted molar refractivity (Wildman–Crippen MR) is 231 cm³/mol. The molecule has 3 aliphatic rings. The van der Waals surface area contributed by atoms with Crippen LogP contribution < -0.4 is 14.4 Å². The number of hydrogen-bond acceptors (Lipinski definition) is 9. The number of benzene rings is 3. The first-order valence-corrected chi connectivity index (χ1v) is 24.1. The van der Waals surface area contributed by atoms with Gasteiger partial charge in [0.2, 0.25) is 0 Å². The smallest absolute Gasteiger partial charge is 0.446 e. The van der Waals surface area contributed by atoms with Gasteiger partial charge < -0.3 is 23.8 Å². The van der Waals surface area contributed by atoms with Crippen LogP contribution in [0.15, 0.2) is 35.2 Å². The van der Waals surface area contributed by atoms with E-state index in [0.29, 0.717) is 51.1 Å². The fourth-order valence-electron chi connectivity index (χ4n) is 10.1. The SMILES string of the molecule is COCOc1cc(-c2c(SC(F)(F)F)cc3c(N4CCCOCC4)nc(OC[C@@]45CCCN4C[C@H](F)C5)nc3c2F)c2c(C#C[Si](C(C)C)(C(C)C)C(C)C)c(F)ccc2c1. The van der Waals surface area contributed by atoms with Gasteiger partial charge in [-0.05, 0) is 89.4 Å². The van der Waals surface area contributed by atoms with Gasteiger partial charge in [-0.15, -0.1) is 5.54 Å². The molecule has 1 aromatic heterocycles. The first-order valence-electron chi connectivity index (χ1n) is 21.0. The van der Waals surface area contributed by atoms with Crippen LogP contribution in [-0.2, 0) is 9.47 Å². The van der Waals surface area contributed by atoms with Crippen molar-refractivity contribution in [2.24, 2.45) is 0 Å². The molecule has 7 rings (SSSR count). The molecule has 0 amide bonds. The first-order chi connectivity index (χ1) is 29.0. The van der Waals surface area contributed by atoms with Crippen LogP contribution in [-0.4, -0.2) is 100 Å². The van der Waals surface area contributed by atoms with Gasteiger partial charge in [0.25, 0.3) is 0 Å². The maximum Gasteiger partial charge on any atom is 0.446 e. The minimum Gasteiger partial charge on any atom is -0.468 e. The number of methoxy groups -OCH3 is 1. The summed E-state index contributed by atoms with van der Waals surface area (Å²) in [4.78, 5) is 12.7. The Bertz CT molecular complexity index is 2290. The second-order valence-corrected chi connectivity index (χ2v) is 24.0. The number of anilines is 1. The third-order valence-corrected chi connectivity index (χ3v) is 19.8. The lowest BCUT2D eigenvalue weighted by atomic mass is 9.93. The van der Waals surface area contributed by atoms with E-state index in [1.807, 2.05) is 4.90 Å². The molecule has 330 valence electrons. The number of aromatic nitrogens is 2. The highest BCUT2D eigenvalue weighted by atomic mass is 32.2. The molecule has 3 aromatic carbocycles.